The first-order valence-electron chi connectivity index (χ1n) is 10.8. The molecule has 34 heavy (non-hydrogen) atoms. The van der Waals surface area contributed by atoms with E-state index in [1.165, 1.54) is 7.11 Å². The number of H-pyrrole nitrogens is 2. The summed E-state index contributed by atoms with van der Waals surface area (Å²) in [5, 5.41) is 14.8. The lowest BCUT2D eigenvalue weighted by molar-refractivity contribution is 0.0603. The van der Waals surface area contributed by atoms with Crippen LogP contribution in [0.3, 0.4) is 0 Å². The molecule has 9 heteroatoms. The quantitative estimate of drug-likeness (QED) is 0.354. The van der Waals surface area contributed by atoms with Crippen LogP contribution in [0.1, 0.15) is 28.7 Å². The fourth-order valence-corrected chi connectivity index (χ4v) is 4.04. The molecule has 0 radical (unpaired) electrons. The van der Waals surface area contributed by atoms with Crippen molar-refractivity contribution in [2.24, 2.45) is 0 Å². The van der Waals surface area contributed by atoms with Crippen molar-refractivity contribution < 1.29 is 14.3 Å². The molecule has 0 aliphatic carbocycles. The second kappa shape index (κ2) is 9.14. The van der Waals surface area contributed by atoms with E-state index in [9.17, 15) is 4.79 Å². The first-order valence-corrected chi connectivity index (χ1v) is 10.8. The molecule has 0 aliphatic rings. The Bertz CT molecular complexity index is 1440. The van der Waals surface area contributed by atoms with Gasteiger partial charge in [-0.25, -0.2) is 9.78 Å². The van der Waals surface area contributed by atoms with E-state index in [0.717, 1.165) is 27.8 Å². The minimum absolute atomic E-state index is 0.416. The Balaban J connectivity index is 1.64. The van der Waals surface area contributed by atoms with Gasteiger partial charge in [-0.05, 0) is 35.4 Å². The van der Waals surface area contributed by atoms with Crippen molar-refractivity contribution in [3.63, 3.8) is 0 Å². The number of fused-ring (bicyclic) bond motifs is 1. The third-order valence-corrected chi connectivity index (χ3v) is 5.51. The minimum Gasteiger partial charge on any atom is -0.493 e. The van der Waals surface area contributed by atoms with Crippen LogP contribution in [0.25, 0.3) is 33.5 Å². The summed E-state index contributed by atoms with van der Waals surface area (Å²) in [7, 11) is 1.36. The van der Waals surface area contributed by atoms with Crippen molar-refractivity contribution >= 4 is 17.0 Å². The third-order valence-electron chi connectivity index (χ3n) is 5.51. The average Bonchev–Trinajstić information content (AvgIpc) is 3.54. The Morgan fingerprint density at radius 1 is 1.03 bits per heavy atom. The minimum atomic E-state index is -0.426. The molecule has 0 amide bonds. The summed E-state index contributed by atoms with van der Waals surface area (Å²) in [6.45, 7) is 2.39. The number of rotatable bonds is 7. The second-order valence-corrected chi connectivity index (χ2v) is 7.56. The van der Waals surface area contributed by atoms with Crippen LogP contribution in [-0.4, -0.2) is 50.3 Å². The summed E-state index contributed by atoms with van der Waals surface area (Å²) in [5.41, 5.74) is 5.36. The lowest BCUT2D eigenvalue weighted by Gasteiger charge is -2.17. The van der Waals surface area contributed by atoms with Crippen LogP contribution in [0, 0.1) is 0 Å². The number of esters is 1. The molecule has 0 saturated carbocycles. The number of aromatic amines is 2. The summed E-state index contributed by atoms with van der Waals surface area (Å²) in [4.78, 5) is 20.2. The first-order chi connectivity index (χ1) is 16.7. The van der Waals surface area contributed by atoms with Gasteiger partial charge in [0.05, 0.1) is 30.4 Å². The first kappa shape index (κ1) is 21.3. The van der Waals surface area contributed by atoms with Gasteiger partial charge in [-0.1, -0.05) is 48.5 Å². The van der Waals surface area contributed by atoms with Crippen LogP contribution in [0.4, 0.5) is 0 Å². The predicted molar refractivity (Wildman–Crippen MR) is 126 cm³/mol. The third kappa shape index (κ3) is 3.88. The Morgan fingerprint density at radius 3 is 2.62 bits per heavy atom. The normalized spacial score (nSPS) is 11.0. The van der Waals surface area contributed by atoms with Gasteiger partial charge in [0.25, 0.3) is 0 Å². The molecule has 0 spiro atoms. The number of methoxy groups -OCH3 is 1. The number of imidazole rings is 1. The molecule has 0 bridgehead atoms. The van der Waals surface area contributed by atoms with Crippen LogP contribution < -0.4 is 4.74 Å². The molecule has 2 N–H and O–H groups in total. The highest BCUT2D eigenvalue weighted by Gasteiger charge is 2.22. The van der Waals surface area contributed by atoms with Crippen LogP contribution in [-0.2, 0) is 11.2 Å². The molecule has 0 unspecified atom stereocenters. The van der Waals surface area contributed by atoms with E-state index in [4.69, 9.17) is 9.47 Å². The SMILES string of the molecule is CCOc1c(Cc2nc3c(C(=O)OC)cccc3[nH]2)ccc(-c2ccccc2)c1-c1nn[nH]n1. The maximum atomic E-state index is 12.2. The molecule has 2 heterocycles. The number of nitrogens with zero attached hydrogens (tertiary/aromatic N) is 4. The maximum absolute atomic E-state index is 12.2. The number of nitrogens with one attached hydrogen (secondary N) is 2. The zero-order chi connectivity index (χ0) is 23.5. The topological polar surface area (TPSA) is 119 Å². The number of hydrogen-bond acceptors (Lipinski definition) is 7. The fourth-order valence-electron chi connectivity index (χ4n) is 4.04. The van der Waals surface area contributed by atoms with E-state index in [1.54, 1.807) is 12.1 Å². The molecule has 9 nitrogen and oxygen atoms in total. The van der Waals surface area contributed by atoms with Crippen molar-refractivity contribution in [3.05, 3.63) is 77.6 Å². The molecule has 0 aliphatic heterocycles. The predicted octanol–water partition coefficient (Wildman–Crippen LogP) is 4.19. The van der Waals surface area contributed by atoms with Crippen molar-refractivity contribution in [1.82, 2.24) is 30.6 Å². The van der Waals surface area contributed by atoms with Crippen LogP contribution in [0.5, 0.6) is 5.75 Å². The lowest BCUT2D eigenvalue weighted by Crippen LogP contribution is -2.03. The summed E-state index contributed by atoms with van der Waals surface area (Å²) in [6.07, 6.45) is 0.449. The molecule has 5 rings (SSSR count). The summed E-state index contributed by atoms with van der Waals surface area (Å²) in [6, 6.07) is 19.4. The van der Waals surface area contributed by atoms with E-state index >= 15 is 0 Å². The monoisotopic (exact) mass is 454 g/mol. The van der Waals surface area contributed by atoms with Gasteiger partial charge in [0.2, 0.25) is 5.82 Å². The van der Waals surface area contributed by atoms with Crippen LogP contribution in [0.15, 0.2) is 60.7 Å². The number of benzene rings is 3. The standard InChI is InChI=1S/C25H22N6O3/c1-3-34-23-16(14-20-26-19-11-7-10-18(22(19)27-20)25(32)33-2)12-13-17(15-8-5-4-6-9-15)21(23)24-28-30-31-29-24/h4-13H,3,14H2,1-2H3,(H,26,27)(H,28,29,30,31). The maximum Gasteiger partial charge on any atom is 0.340 e. The molecule has 5 aromatic rings. The van der Waals surface area contributed by atoms with E-state index in [0.29, 0.717) is 41.5 Å². The lowest BCUT2D eigenvalue weighted by atomic mass is 9.94. The Labute approximate surface area is 195 Å². The van der Waals surface area contributed by atoms with E-state index in [2.05, 4.69) is 30.6 Å². The Kier molecular flexibility index (Phi) is 5.73. The highest BCUT2D eigenvalue weighted by atomic mass is 16.5. The largest absolute Gasteiger partial charge is 0.493 e. The molecular weight excluding hydrogens is 432 g/mol. The Hall–Kier alpha value is -4.53. The fraction of sp³-hybridized carbons (Fsp3) is 0.160. The smallest absolute Gasteiger partial charge is 0.340 e. The summed E-state index contributed by atoms with van der Waals surface area (Å²) in [5.74, 6) is 1.38. The van der Waals surface area contributed by atoms with Crippen LogP contribution >= 0.6 is 0 Å². The van der Waals surface area contributed by atoms with Crippen LogP contribution in [0.2, 0.25) is 0 Å². The number of para-hydroxylation sites is 1. The second-order valence-electron chi connectivity index (χ2n) is 7.56. The van der Waals surface area contributed by atoms with E-state index < -0.39 is 5.97 Å². The molecule has 2 aromatic heterocycles. The van der Waals surface area contributed by atoms with Gasteiger partial charge in [-0.15, -0.1) is 10.2 Å². The number of ether oxygens (including phenoxy) is 2. The van der Waals surface area contributed by atoms with Crippen molar-refractivity contribution in [1.29, 1.82) is 0 Å². The van der Waals surface area contributed by atoms with E-state index in [1.807, 2.05) is 55.5 Å². The van der Waals surface area contributed by atoms with Crippen molar-refractivity contribution in [2.75, 3.05) is 13.7 Å². The van der Waals surface area contributed by atoms with Gasteiger partial charge in [0.1, 0.15) is 17.1 Å². The number of carbonyl (C=O) groups excluding carboxylic acids is 1. The number of tetrazole rings is 1. The van der Waals surface area contributed by atoms with Gasteiger partial charge in [0.15, 0.2) is 0 Å². The average molecular weight is 454 g/mol. The summed E-state index contributed by atoms with van der Waals surface area (Å²) < 4.78 is 11.0. The molecular formula is C25H22N6O3. The van der Waals surface area contributed by atoms with Gasteiger partial charge in [-0.2, -0.15) is 5.21 Å². The summed E-state index contributed by atoms with van der Waals surface area (Å²) >= 11 is 0. The zero-order valence-electron chi connectivity index (χ0n) is 18.7. The molecule has 3 aromatic carbocycles. The molecule has 0 saturated heterocycles. The molecule has 170 valence electrons. The van der Waals surface area contributed by atoms with Gasteiger partial charge in [0, 0.05) is 12.0 Å². The number of carbonyl (C=O) groups is 1. The number of hydrogen-bond donors (Lipinski definition) is 2. The highest BCUT2D eigenvalue weighted by molar-refractivity contribution is 6.01. The number of aromatic nitrogens is 6. The molecule has 0 fully saturated rings. The highest BCUT2D eigenvalue weighted by Crippen LogP contribution is 2.40. The van der Waals surface area contributed by atoms with Crippen molar-refractivity contribution in [2.45, 2.75) is 13.3 Å². The van der Waals surface area contributed by atoms with Gasteiger partial charge >= 0.3 is 5.97 Å². The Morgan fingerprint density at radius 2 is 1.88 bits per heavy atom. The van der Waals surface area contributed by atoms with Gasteiger partial charge < -0.3 is 14.5 Å². The van der Waals surface area contributed by atoms with E-state index in [-0.39, 0.29) is 0 Å². The van der Waals surface area contributed by atoms with Crippen molar-refractivity contribution in [3.8, 4) is 28.3 Å². The van der Waals surface area contributed by atoms with Gasteiger partial charge in [-0.3, -0.25) is 0 Å². The molecule has 0 atom stereocenters. The zero-order valence-corrected chi connectivity index (χ0v) is 18.7.